The molecular weight excluding hydrogens is 392 g/mol. The first-order valence-corrected chi connectivity index (χ1v) is 9.63. The molecule has 0 aliphatic rings. The lowest BCUT2D eigenvalue weighted by Gasteiger charge is -2.11. The van der Waals surface area contributed by atoms with Crippen LogP contribution in [0.1, 0.15) is 16.1 Å². The van der Waals surface area contributed by atoms with Gasteiger partial charge >= 0.3 is 0 Å². The predicted molar refractivity (Wildman–Crippen MR) is 120 cm³/mol. The normalized spacial score (nSPS) is 10.5. The van der Waals surface area contributed by atoms with Crippen LogP contribution >= 0.6 is 0 Å². The highest BCUT2D eigenvalue weighted by Crippen LogP contribution is 2.20. The molecule has 0 fully saturated rings. The third kappa shape index (κ3) is 4.62. The number of rotatable bonds is 5. The molecule has 0 bridgehead atoms. The van der Waals surface area contributed by atoms with Gasteiger partial charge in [0.15, 0.2) is 11.4 Å². The number of nitrogens with zero attached hydrogens (tertiary/aromatic N) is 2. The highest BCUT2D eigenvalue weighted by Gasteiger charge is 2.17. The topological polar surface area (TPSA) is 96.2 Å². The minimum atomic E-state index is -0.623. The highest BCUT2D eigenvalue weighted by atomic mass is 16.3. The van der Waals surface area contributed by atoms with Gasteiger partial charge < -0.3 is 15.7 Å². The molecule has 4 rings (SSSR count). The number of aryl methyl sites for hydroxylation is 1. The van der Waals surface area contributed by atoms with E-state index in [1.807, 2.05) is 55.5 Å². The second-order valence-electron chi connectivity index (χ2n) is 6.99. The molecule has 0 saturated heterocycles. The molecule has 4 aromatic rings. The van der Waals surface area contributed by atoms with E-state index in [1.54, 1.807) is 30.3 Å². The summed E-state index contributed by atoms with van der Waals surface area (Å²) in [5, 5.41) is 20.2. The molecule has 31 heavy (non-hydrogen) atoms. The van der Waals surface area contributed by atoms with Crippen molar-refractivity contribution in [3.8, 4) is 11.4 Å². The van der Waals surface area contributed by atoms with E-state index >= 15 is 0 Å². The summed E-state index contributed by atoms with van der Waals surface area (Å²) in [6, 6.07) is 25.0. The quantitative estimate of drug-likeness (QED) is 0.456. The molecule has 154 valence electrons. The summed E-state index contributed by atoms with van der Waals surface area (Å²) < 4.78 is 1.09. The molecule has 7 nitrogen and oxygen atoms in total. The summed E-state index contributed by atoms with van der Waals surface area (Å²) in [5.74, 6) is -1.10. The van der Waals surface area contributed by atoms with Crippen molar-refractivity contribution in [2.75, 3.05) is 10.6 Å². The standard InChI is InChI=1S/C24H20N4O3/c1-16-6-5-9-20(14-16)28-22(30)15-21(29)23(27-28)24(31)26-19-12-10-18(11-13-19)25-17-7-3-2-4-8-17/h2-15,25,29H,1H3,(H,26,31). The molecule has 0 radical (unpaired) electrons. The van der Waals surface area contributed by atoms with Gasteiger partial charge in [0.05, 0.1) is 5.69 Å². The van der Waals surface area contributed by atoms with E-state index in [4.69, 9.17) is 0 Å². The van der Waals surface area contributed by atoms with E-state index in [0.29, 0.717) is 11.4 Å². The number of carbonyl (C=O) groups excluding carboxylic acids is 1. The number of nitrogens with one attached hydrogen (secondary N) is 2. The lowest BCUT2D eigenvalue weighted by molar-refractivity contribution is 0.101. The number of aromatic hydroxyl groups is 1. The van der Waals surface area contributed by atoms with E-state index in [-0.39, 0.29) is 5.69 Å². The number of benzene rings is 3. The average molecular weight is 412 g/mol. The first-order valence-electron chi connectivity index (χ1n) is 9.63. The molecule has 0 saturated carbocycles. The first kappa shape index (κ1) is 19.9. The maximum Gasteiger partial charge on any atom is 0.279 e. The van der Waals surface area contributed by atoms with Gasteiger partial charge in [-0.05, 0) is 61.0 Å². The Bertz CT molecular complexity index is 1280. The largest absolute Gasteiger partial charge is 0.505 e. The van der Waals surface area contributed by atoms with Crippen LogP contribution in [-0.4, -0.2) is 20.8 Å². The molecule has 0 atom stereocenters. The molecule has 0 aliphatic heterocycles. The molecule has 3 N–H and O–H groups in total. The summed E-state index contributed by atoms with van der Waals surface area (Å²) in [7, 11) is 0. The van der Waals surface area contributed by atoms with E-state index in [0.717, 1.165) is 27.7 Å². The number of amides is 1. The lowest BCUT2D eigenvalue weighted by Crippen LogP contribution is -2.25. The summed E-state index contributed by atoms with van der Waals surface area (Å²) in [5.41, 5.74) is 3.01. The fraction of sp³-hybridized carbons (Fsp3) is 0.0417. The molecule has 0 aliphatic carbocycles. The van der Waals surface area contributed by atoms with Crippen LogP contribution in [0.4, 0.5) is 17.1 Å². The number of anilines is 3. The first-order chi connectivity index (χ1) is 15.0. The summed E-state index contributed by atoms with van der Waals surface area (Å²) in [6.45, 7) is 1.89. The Hall–Kier alpha value is -4.39. The Balaban J connectivity index is 1.54. The van der Waals surface area contributed by atoms with Crippen molar-refractivity contribution >= 4 is 23.0 Å². The molecule has 1 heterocycles. The van der Waals surface area contributed by atoms with Crippen LogP contribution in [0.5, 0.6) is 5.75 Å². The van der Waals surface area contributed by atoms with Crippen molar-refractivity contribution in [3.05, 3.63) is 107 Å². The third-order valence-electron chi connectivity index (χ3n) is 4.58. The molecule has 0 spiro atoms. The number of para-hydroxylation sites is 1. The Labute approximate surface area is 178 Å². The van der Waals surface area contributed by atoms with Gasteiger partial charge in [0.25, 0.3) is 11.5 Å². The second-order valence-corrected chi connectivity index (χ2v) is 6.99. The maximum atomic E-state index is 12.7. The predicted octanol–water partition coefficient (Wildman–Crippen LogP) is 4.24. The van der Waals surface area contributed by atoms with Gasteiger partial charge in [-0.2, -0.15) is 9.78 Å². The number of aromatic nitrogens is 2. The van der Waals surface area contributed by atoms with Crippen molar-refractivity contribution in [3.63, 3.8) is 0 Å². The average Bonchev–Trinajstić information content (AvgIpc) is 2.76. The van der Waals surface area contributed by atoms with E-state index < -0.39 is 17.2 Å². The molecule has 1 aromatic heterocycles. The van der Waals surface area contributed by atoms with Gasteiger partial charge in [0, 0.05) is 23.1 Å². The fourth-order valence-corrected chi connectivity index (χ4v) is 3.07. The SMILES string of the molecule is Cc1cccc(-n2nc(C(=O)Nc3ccc(Nc4ccccc4)cc3)c(O)cc2=O)c1. The zero-order valence-electron chi connectivity index (χ0n) is 16.7. The van der Waals surface area contributed by atoms with Gasteiger partial charge in [0.2, 0.25) is 0 Å². The molecule has 0 unspecified atom stereocenters. The van der Waals surface area contributed by atoms with Gasteiger partial charge in [-0.25, -0.2) is 0 Å². The smallest absolute Gasteiger partial charge is 0.279 e. The third-order valence-corrected chi connectivity index (χ3v) is 4.58. The van der Waals surface area contributed by atoms with E-state index in [1.165, 1.54) is 0 Å². The van der Waals surface area contributed by atoms with Crippen LogP contribution in [0.3, 0.4) is 0 Å². The molecule has 1 amide bonds. The van der Waals surface area contributed by atoms with Crippen LogP contribution in [0.15, 0.2) is 89.7 Å². The minimum absolute atomic E-state index is 0.243. The van der Waals surface area contributed by atoms with Crippen molar-refractivity contribution in [2.24, 2.45) is 0 Å². The van der Waals surface area contributed by atoms with Crippen molar-refractivity contribution in [1.82, 2.24) is 9.78 Å². The van der Waals surface area contributed by atoms with Gasteiger partial charge in [-0.3, -0.25) is 9.59 Å². The Morgan fingerprint density at radius 3 is 2.26 bits per heavy atom. The van der Waals surface area contributed by atoms with E-state index in [9.17, 15) is 14.7 Å². The fourth-order valence-electron chi connectivity index (χ4n) is 3.07. The summed E-state index contributed by atoms with van der Waals surface area (Å²) >= 11 is 0. The number of carbonyl (C=O) groups is 1. The van der Waals surface area contributed by atoms with Crippen LogP contribution in [0.2, 0.25) is 0 Å². The Morgan fingerprint density at radius 1 is 0.871 bits per heavy atom. The van der Waals surface area contributed by atoms with Crippen molar-refractivity contribution in [2.45, 2.75) is 6.92 Å². The zero-order valence-corrected chi connectivity index (χ0v) is 16.7. The van der Waals surface area contributed by atoms with Gasteiger partial charge in [-0.15, -0.1) is 0 Å². The molecular formula is C24H20N4O3. The van der Waals surface area contributed by atoms with Gasteiger partial charge in [-0.1, -0.05) is 30.3 Å². The second kappa shape index (κ2) is 8.54. The molecule has 3 aromatic carbocycles. The number of hydrogen-bond donors (Lipinski definition) is 3. The van der Waals surface area contributed by atoms with Gasteiger partial charge in [0.1, 0.15) is 0 Å². The zero-order chi connectivity index (χ0) is 21.8. The highest BCUT2D eigenvalue weighted by molar-refractivity contribution is 6.04. The lowest BCUT2D eigenvalue weighted by atomic mass is 10.2. The van der Waals surface area contributed by atoms with Crippen LogP contribution in [0.25, 0.3) is 5.69 Å². The molecule has 7 heteroatoms. The monoisotopic (exact) mass is 412 g/mol. The van der Waals surface area contributed by atoms with Crippen LogP contribution in [0, 0.1) is 6.92 Å². The van der Waals surface area contributed by atoms with Crippen LogP contribution < -0.4 is 16.2 Å². The Morgan fingerprint density at radius 2 is 1.55 bits per heavy atom. The van der Waals surface area contributed by atoms with Crippen molar-refractivity contribution < 1.29 is 9.90 Å². The van der Waals surface area contributed by atoms with Crippen LogP contribution in [-0.2, 0) is 0 Å². The Kier molecular flexibility index (Phi) is 5.49. The van der Waals surface area contributed by atoms with Crippen molar-refractivity contribution in [1.29, 1.82) is 0 Å². The van der Waals surface area contributed by atoms with E-state index in [2.05, 4.69) is 15.7 Å². The summed E-state index contributed by atoms with van der Waals surface area (Å²) in [4.78, 5) is 25.0. The summed E-state index contributed by atoms with van der Waals surface area (Å²) in [6.07, 6.45) is 0. The minimum Gasteiger partial charge on any atom is -0.505 e. The maximum absolute atomic E-state index is 12.7. The number of hydrogen-bond acceptors (Lipinski definition) is 5.